The van der Waals surface area contributed by atoms with Crippen LogP contribution in [-0.2, 0) is 52.6 Å². The lowest BCUT2D eigenvalue weighted by atomic mass is 9.84. The molecule has 1 saturated heterocycles. The predicted molar refractivity (Wildman–Crippen MR) is 215 cm³/mol. The molecular weight excluding hydrogens is 786 g/mol. The van der Waals surface area contributed by atoms with Gasteiger partial charge in [-0.05, 0) is 79.6 Å². The van der Waals surface area contributed by atoms with Crippen LogP contribution >= 0.6 is 0 Å². The molecule has 0 aromatic carbocycles. The minimum absolute atomic E-state index is 0.0538. The minimum atomic E-state index is -1.79. The number of aliphatic carboxylic acids is 1. The summed E-state index contributed by atoms with van der Waals surface area (Å²) >= 11 is 0. The second kappa shape index (κ2) is 22.9. The fraction of sp³-hybridized carbons (Fsp3) is 0.707. The Kier molecular flexibility index (Phi) is 19.7. The zero-order valence-electron chi connectivity index (χ0n) is 36.2. The third-order valence-corrected chi connectivity index (χ3v) is 10.4. The van der Waals surface area contributed by atoms with Gasteiger partial charge in [-0.2, -0.15) is 0 Å². The second-order valence-electron chi connectivity index (χ2n) is 16.7. The van der Waals surface area contributed by atoms with Crippen molar-refractivity contribution in [3.63, 3.8) is 0 Å². The molecule has 0 saturated carbocycles. The van der Waals surface area contributed by atoms with Crippen molar-refractivity contribution in [1.82, 2.24) is 15.5 Å². The number of aliphatic hydroxyl groups excluding tert-OH is 2. The van der Waals surface area contributed by atoms with Gasteiger partial charge in [0.2, 0.25) is 23.6 Å². The van der Waals surface area contributed by atoms with E-state index in [1.54, 1.807) is 20.8 Å². The summed E-state index contributed by atoms with van der Waals surface area (Å²) in [5, 5.41) is 36.8. The third-order valence-electron chi connectivity index (χ3n) is 10.4. The smallest absolute Gasteiger partial charge is 0.328 e. The van der Waals surface area contributed by atoms with E-state index in [9.17, 15) is 53.7 Å². The van der Waals surface area contributed by atoms with Gasteiger partial charge in [-0.25, -0.2) is 4.79 Å². The van der Waals surface area contributed by atoms with Gasteiger partial charge in [0.15, 0.2) is 17.9 Å². The highest BCUT2D eigenvalue weighted by Crippen LogP contribution is 2.28. The van der Waals surface area contributed by atoms with Crippen molar-refractivity contribution < 1.29 is 67.9 Å². The van der Waals surface area contributed by atoms with E-state index < -0.39 is 103 Å². The van der Waals surface area contributed by atoms with Gasteiger partial charge in [-0.15, -0.1) is 0 Å². The number of allylic oxidation sites excluding steroid dienone is 4. The van der Waals surface area contributed by atoms with Crippen LogP contribution in [0, 0.1) is 5.92 Å². The van der Waals surface area contributed by atoms with Crippen LogP contribution in [0.1, 0.15) is 114 Å². The van der Waals surface area contributed by atoms with Gasteiger partial charge >= 0.3 is 11.9 Å². The Hall–Kier alpha value is -4.56. The third kappa shape index (κ3) is 14.9. The molecule has 0 aromatic rings. The first kappa shape index (κ1) is 51.6. The summed E-state index contributed by atoms with van der Waals surface area (Å²) in [6.45, 7) is 13.0. The lowest BCUT2D eigenvalue weighted by molar-refractivity contribution is -0.269. The first-order valence-electron chi connectivity index (χ1n) is 20.3. The summed E-state index contributed by atoms with van der Waals surface area (Å²) in [7, 11) is 0. The summed E-state index contributed by atoms with van der Waals surface area (Å²) in [5.41, 5.74) is 11.9. The summed E-state index contributed by atoms with van der Waals surface area (Å²) in [4.78, 5) is 102. The zero-order valence-corrected chi connectivity index (χ0v) is 36.2. The van der Waals surface area contributed by atoms with Gasteiger partial charge in [0.1, 0.15) is 43.0 Å². The van der Waals surface area contributed by atoms with Crippen LogP contribution in [0.4, 0.5) is 0 Å². The van der Waals surface area contributed by atoms with Crippen molar-refractivity contribution in [1.29, 1.82) is 0 Å². The lowest BCUT2D eigenvalue weighted by Crippen LogP contribution is -2.66. The Morgan fingerprint density at radius 3 is 2.10 bits per heavy atom. The molecule has 0 bridgehead atoms. The summed E-state index contributed by atoms with van der Waals surface area (Å²) < 4.78 is 17.2. The first-order valence-corrected chi connectivity index (χ1v) is 20.3. The highest BCUT2D eigenvalue weighted by molar-refractivity contribution is 6.24. The van der Waals surface area contributed by atoms with E-state index in [4.69, 9.17) is 25.7 Å². The predicted octanol–water partition coefficient (Wildman–Crippen LogP) is 0.457. The van der Waals surface area contributed by atoms with Gasteiger partial charge in [0, 0.05) is 48.6 Å². The molecule has 19 nitrogen and oxygen atoms in total. The highest BCUT2D eigenvalue weighted by atomic mass is 16.6. The number of amides is 4. The van der Waals surface area contributed by atoms with E-state index in [1.165, 1.54) is 20.8 Å². The van der Waals surface area contributed by atoms with Crippen molar-refractivity contribution in [2.45, 2.75) is 168 Å². The first-order chi connectivity index (χ1) is 27.8. The highest BCUT2D eigenvalue weighted by Gasteiger charge is 2.48. The van der Waals surface area contributed by atoms with E-state index in [2.05, 4.69) is 10.6 Å². The number of nitrogens with two attached hydrogens (primary N) is 2. The second-order valence-corrected chi connectivity index (χ2v) is 16.7. The molecule has 1 unspecified atom stereocenters. The van der Waals surface area contributed by atoms with Crippen LogP contribution in [0.5, 0.6) is 0 Å². The maximum atomic E-state index is 13.4. The van der Waals surface area contributed by atoms with E-state index in [0.717, 1.165) is 11.8 Å². The fourth-order valence-electron chi connectivity index (χ4n) is 7.08. The maximum Gasteiger partial charge on any atom is 0.328 e. The Morgan fingerprint density at radius 1 is 0.933 bits per heavy atom. The number of esters is 1. The van der Waals surface area contributed by atoms with Crippen LogP contribution < -0.4 is 22.1 Å². The SMILES string of the molecule is CC(=O)N[C@@H]1[C@@H](OC(C)CN(C(=O)C(C)(C)N)[C@H](CCC(=O)O)C(N)=O)[C@H](O)[C@@H](COC(=O)[C@H](CC(C)C)NC(=O)CCCCCC2=C(C)C(=O)C(C)=C(C)C2=O)O[C@@H]1O. The van der Waals surface area contributed by atoms with Gasteiger partial charge in [0.05, 0.1) is 11.6 Å². The summed E-state index contributed by atoms with van der Waals surface area (Å²) in [6.07, 6.45) is -5.91. The Bertz CT molecular complexity index is 1680. The van der Waals surface area contributed by atoms with Crippen molar-refractivity contribution in [3.05, 3.63) is 22.3 Å². The molecule has 1 heterocycles. The van der Waals surface area contributed by atoms with Crippen LogP contribution in [0.25, 0.3) is 0 Å². The fourth-order valence-corrected chi connectivity index (χ4v) is 7.08. The number of carbonyl (C=O) groups excluding carboxylic acids is 7. The van der Waals surface area contributed by atoms with Gasteiger partial charge < -0.3 is 56.5 Å². The molecule has 2 rings (SSSR count). The number of nitrogens with one attached hydrogen (secondary N) is 2. The molecule has 0 aromatic heterocycles. The minimum Gasteiger partial charge on any atom is -0.481 e. The van der Waals surface area contributed by atoms with Gasteiger partial charge in [0.25, 0.3) is 0 Å². The molecule has 0 spiro atoms. The van der Waals surface area contributed by atoms with Crippen molar-refractivity contribution in [3.8, 4) is 0 Å². The number of hydrogen-bond donors (Lipinski definition) is 7. The number of rotatable bonds is 23. The van der Waals surface area contributed by atoms with Gasteiger partial charge in [-0.3, -0.25) is 33.6 Å². The number of aliphatic hydroxyl groups is 2. The molecule has 60 heavy (non-hydrogen) atoms. The number of hydrogen-bond acceptors (Lipinski definition) is 14. The number of carbonyl (C=O) groups is 8. The normalized spacial score (nSPS) is 22.6. The topological polar surface area (TPSA) is 304 Å². The summed E-state index contributed by atoms with van der Waals surface area (Å²) in [6, 6.07) is -3.84. The number of carboxylic acid groups (broad SMARTS) is 1. The van der Waals surface area contributed by atoms with Crippen LogP contribution in [0.2, 0.25) is 0 Å². The van der Waals surface area contributed by atoms with Gasteiger partial charge in [-0.1, -0.05) is 20.3 Å². The maximum absolute atomic E-state index is 13.4. The molecule has 8 atom stereocenters. The number of carboxylic acids is 1. The molecule has 1 aliphatic heterocycles. The quantitative estimate of drug-likeness (QED) is 0.0417. The number of Topliss-reactive ketones (excluding diaryl/α,β-unsaturated/α-hetero) is 2. The van der Waals surface area contributed by atoms with Crippen molar-refractivity contribution in [2.75, 3.05) is 13.2 Å². The average molecular weight is 852 g/mol. The average Bonchev–Trinajstić information content (AvgIpc) is 3.14. The molecular formula is C41H65N5O14. The van der Waals surface area contributed by atoms with Crippen molar-refractivity contribution in [2.24, 2.45) is 17.4 Å². The molecule has 338 valence electrons. The van der Waals surface area contributed by atoms with E-state index >= 15 is 0 Å². The number of primary amides is 1. The van der Waals surface area contributed by atoms with Crippen LogP contribution in [-0.4, -0.2) is 135 Å². The molecule has 19 heteroatoms. The van der Waals surface area contributed by atoms with E-state index in [1.807, 2.05) is 13.8 Å². The number of ketones is 2. The largest absolute Gasteiger partial charge is 0.481 e. The monoisotopic (exact) mass is 851 g/mol. The molecule has 1 aliphatic carbocycles. The molecule has 2 aliphatic rings. The van der Waals surface area contributed by atoms with Crippen LogP contribution in [0.3, 0.4) is 0 Å². The Morgan fingerprint density at radius 2 is 1.55 bits per heavy atom. The van der Waals surface area contributed by atoms with E-state index in [-0.39, 0.29) is 43.3 Å². The molecule has 0 radical (unpaired) electrons. The zero-order chi connectivity index (χ0) is 45.8. The Labute approximate surface area is 351 Å². The van der Waals surface area contributed by atoms with Crippen LogP contribution in [0.15, 0.2) is 22.3 Å². The van der Waals surface area contributed by atoms with Crippen molar-refractivity contribution >= 4 is 47.1 Å². The number of nitrogens with zero attached hydrogens (tertiary/aromatic N) is 1. The number of ether oxygens (including phenoxy) is 3. The molecule has 4 amide bonds. The standard InChI is InChI=1S/C41H65N5O14/c1-20(2)17-27(45-30(48)14-12-10-11-13-26-24(6)33(51)22(4)23(5)34(26)52)38(55)58-19-29-35(53)36(32(39(56)60-29)44-25(7)47)59-21(3)18-46(40(57)41(8,9)43)28(37(42)54)15-16-31(49)50/h20-21,27-29,32,35-36,39,53,56H,10-19,43H2,1-9H3,(H2,42,54)(H,44,47)(H,45,48)(H,49,50)/t21?,27-,28+,29+,32+,35+,36+,39-/m0/s1. The lowest BCUT2D eigenvalue weighted by Gasteiger charge is -2.44. The summed E-state index contributed by atoms with van der Waals surface area (Å²) in [5.74, 6) is -5.19. The Balaban J connectivity index is 2.14. The number of unbranched alkanes of at least 4 members (excludes halogenated alkanes) is 2. The molecule has 1 fully saturated rings. The van der Waals surface area contributed by atoms with E-state index in [0.29, 0.717) is 48.0 Å². The molecule has 9 N–H and O–H groups in total.